The van der Waals surface area contributed by atoms with Gasteiger partial charge in [0.05, 0.1) is 5.69 Å². The molecule has 94 valence electrons. The van der Waals surface area contributed by atoms with Crippen LogP contribution in [-0.2, 0) is 0 Å². The molecule has 0 unspecified atom stereocenters. The Morgan fingerprint density at radius 2 is 1.76 bits per heavy atom. The van der Waals surface area contributed by atoms with Crippen LogP contribution in [0.15, 0.2) is 21.1 Å². The number of nitrogens with zero attached hydrogens (tertiary/aromatic N) is 1. The minimum absolute atomic E-state index is 0.124. The Hall–Kier alpha value is -0.750. The SMILES string of the molecule is CCN(CC)C(=O)Nc1c(Br)cc(N)cc1Br. The van der Waals surface area contributed by atoms with Crippen LogP contribution in [0.3, 0.4) is 0 Å². The zero-order valence-corrected chi connectivity index (χ0v) is 12.9. The van der Waals surface area contributed by atoms with Crippen LogP contribution in [0.25, 0.3) is 0 Å². The number of nitrogen functional groups attached to an aromatic ring is 1. The van der Waals surface area contributed by atoms with E-state index in [-0.39, 0.29) is 6.03 Å². The maximum absolute atomic E-state index is 11.9. The van der Waals surface area contributed by atoms with E-state index in [1.807, 2.05) is 13.8 Å². The third-order valence-electron chi connectivity index (χ3n) is 2.35. The molecule has 17 heavy (non-hydrogen) atoms. The average molecular weight is 365 g/mol. The summed E-state index contributed by atoms with van der Waals surface area (Å²) in [5.41, 5.74) is 7.01. The molecule has 1 aromatic carbocycles. The maximum atomic E-state index is 11.9. The number of amides is 2. The van der Waals surface area contributed by atoms with Crippen molar-refractivity contribution in [3.63, 3.8) is 0 Å². The Balaban J connectivity index is 2.92. The van der Waals surface area contributed by atoms with Crippen LogP contribution in [0.4, 0.5) is 16.2 Å². The van der Waals surface area contributed by atoms with Crippen molar-refractivity contribution >= 4 is 49.3 Å². The molecule has 0 atom stereocenters. The van der Waals surface area contributed by atoms with Crippen LogP contribution in [0.2, 0.25) is 0 Å². The molecule has 1 aromatic rings. The summed E-state index contributed by atoms with van der Waals surface area (Å²) >= 11 is 6.75. The molecule has 3 N–H and O–H groups in total. The van der Waals surface area contributed by atoms with Gasteiger partial charge in [0.25, 0.3) is 0 Å². The van der Waals surface area contributed by atoms with Gasteiger partial charge in [0.15, 0.2) is 0 Å². The van der Waals surface area contributed by atoms with E-state index < -0.39 is 0 Å². The van der Waals surface area contributed by atoms with Gasteiger partial charge in [0, 0.05) is 27.7 Å². The number of hydrogen-bond donors (Lipinski definition) is 2. The van der Waals surface area contributed by atoms with Gasteiger partial charge < -0.3 is 16.0 Å². The van der Waals surface area contributed by atoms with Crippen molar-refractivity contribution in [2.45, 2.75) is 13.8 Å². The molecule has 0 aliphatic carbocycles. The third kappa shape index (κ3) is 3.61. The van der Waals surface area contributed by atoms with Gasteiger partial charge in [-0.3, -0.25) is 0 Å². The number of nitrogens with two attached hydrogens (primary N) is 1. The third-order valence-corrected chi connectivity index (χ3v) is 3.60. The van der Waals surface area contributed by atoms with E-state index in [4.69, 9.17) is 5.73 Å². The van der Waals surface area contributed by atoms with E-state index in [2.05, 4.69) is 37.2 Å². The van der Waals surface area contributed by atoms with Gasteiger partial charge in [-0.05, 0) is 57.8 Å². The van der Waals surface area contributed by atoms with E-state index in [1.54, 1.807) is 17.0 Å². The Morgan fingerprint density at radius 1 is 1.29 bits per heavy atom. The molecular formula is C11H15Br2N3O. The molecule has 0 bridgehead atoms. The summed E-state index contributed by atoms with van der Waals surface area (Å²) in [7, 11) is 0. The summed E-state index contributed by atoms with van der Waals surface area (Å²) in [5, 5.41) is 2.85. The number of benzene rings is 1. The first-order chi connectivity index (χ1) is 7.99. The van der Waals surface area contributed by atoms with Crippen molar-refractivity contribution in [3.8, 4) is 0 Å². The first-order valence-corrected chi connectivity index (χ1v) is 6.88. The summed E-state index contributed by atoms with van der Waals surface area (Å²) in [4.78, 5) is 13.6. The number of carbonyl (C=O) groups excluding carboxylic acids is 1. The van der Waals surface area contributed by atoms with Gasteiger partial charge in [0.2, 0.25) is 0 Å². The molecule has 6 heteroatoms. The predicted octanol–water partition coefficient (Wildman–Crippen LogP) is 3.67. The topological polar surface area (TPSA) is 58.4 Å². The number of rotatable bonds is 3. The lowest BCUT2D eigenvalue weighted by atomic mass is 10.3. The number of urea groups is 1. The van der Waals surface area contributed by atoms with E-state index in [9.17, 15) is 4.79 Å². The van der Waals surface area contributed by atoms with E-state index in [0.717, 1.165) is 8.95 Å². The number of carbonyl (C=O) groups is 1. The van der Waals surface area contributed by atoms with Crippen molar-refractivity contribution in [2.75, 3.05) is 24.1 Å². The van der Waals surface area contributed by atoms with Crippen LogP contribution in [0.5, 0.6) is 0 Å². The average Bonchev–Trinajstić information content (AvgIpc) is 2.25. The summed E-state index contributed by atoms with van der Waals surface area (Å²) < 4.78 is 1.51. The van der Waals surface area contributed by atoms with Gasteiger partial charge in [-0.2, -0.15) is 0 Å². The van der Waals surface area contributed by atoms with E-state index >= 15 is 0 Å². The minimum atomic E-state index is -0.124. The lowest BCUT2D eigenvalue weighted by Crippen LogP contribution is -2.34. The summed E-state index contributed by atoms with van der Waals surface area (Å²) in [5.74, 6) is 0. The van der Waals surface area contributed by atoms with Crippen molar-refractivity contribution < 1.29 is 4.79 Å². The normalized spacial score (nSPS) is 10.1. The fraction of sp³-hybridized carbons (Fsp3) is 0.364. The van der Waals surface area contributed by atoms with Gasteiger partial charge in [-0.25, -0.2) is 4.79 Å². The molecule has 0 aromatic heterocycles. The molecular weight excluding hydrogens is 350 g/mol. The van der Waals surface area contributed by atoms with Crippen molar-refractivity contribution in [2.24, 2.45) is 0 Å². The van der Waals surface area contributed by atoms with Crippen molar-refractivity contribution in [1.82, 2.24) is 4.90 Å². The van der Waals surface area contributed by atoms with Gasteiger partial charge in [-0.1, -0.05) is 0 Å². The maximum Gasteiger partial charge on any atom is 0.321 e. The molecule has 0 radical (unpaired) electrons. The van der Waals surface area contributed by atoms with Gasteiger partial charge >= 0.3 is 6.03 Å². The molecule has 1 rings (SSSR count). The number of anilines is 2. The van der Waals surface area contributed by atoms with Crippen molar-refractivity contribution in [1.29, 1.82) is 0 Å². The molecule has 0 fully saturated rings. The minimum Gasteiger partial charge on any atom is -0.399 e. The Labute approximate surface area is 118 Å². The lowest BCUT2D eigenvalue weighted by molar-refractivity contribution is 0.217. The molecule has 0 aliphatic heterocycles. The Bertz CT molecular complexity index is 396. The highest BCUT2D eigenvalue weighted by Gasteiger charge is 2.13. The first-order valence-electron chi connectivity index (χ1n) is 5.30. The second-order valence-electron chi connectivity index (χ2n) is 3.46. The summed E-state index contributed by atoms with van der Waals surface area (Å²) in [6, 6.07) is 3.38. The van der Waals surface area contributed by atoms with Crippen LogP contribution in [0, 0.1) is 0 Å². The lowest BCUT2D eigenvalue weighted by Gasteiger charge is -2.20. The highest BCUT2D eigenvalue weighted by molar-refractivity contribution is 9.11. The molecule has 4 nitrogen and oxygen atoms in total. The standard InChI is InChI=1S/C11H15Br2N3O/c1-3-16(4-2)11(17)15-10-8(12)5-7(14)6-9(10)13/h5-6H,3-4,14H2,1-2H3,(H,15,17). The van der Waals surface area contributed by atoms with E-state index in [1.165, 1.54) is 0 Å². The molecule has 0 spiro atoms. The molecule has 0 heterocycles. The molecule has 0 saturated heterocycles. The Morgan fingerprint density at radius 3 is 2.18 bits per heavy atom. The fourth-order valence-electron chi connectivity index (χ4n) is 1.41. The molecule has 0 aliphatic rings. The van der Waals surface area contributed by atoms with E-state index in [0.29, 0.717) is 24.5 Å². The largest absolute Gasteiger partial charge is 0.399 e. The zero-order valence-electron chi connectivity index (χ0n) is 9.76. The van der Waals surface area contributed by atoms with Crippen LogP contribution in [-0.4, -0.2) is 24.0 Å². The van der Waals surface area contributed by atoms with Gasteiger partial charge in [-0.15, -0.1) is 0 Å². The summed E-state index contributed by atoms with van der Waals surface area (Å²) in [6.07, 6.45) is 0. The van der Waals surface area contributed by atoms with Crippen LogP contribution >= 0.6 is 31.9 Å². The number of nitrogens with one attached hydrogen (secondary N) is 1. The fourth-order valence-corrected chi connectivity index (χ4v) is 2.83. The highest BCUT2D eigenvalue weighted by atomic mass is 79.9. The smallest absolute Gasteiger partial charge is 0.321 e. The monoisotopic (exact) mass is 363 g/mol. The number of halogens is 2. The van der Waals surface area contributed by atoms with Gasteiger partial charge in [0.1, 0.15) is 0 Å². The predicted molar refractivity (Wildman–Crippen MR) is 78.2 cm³/mol. The molecule has 2 amide bonds. The quantitative estimate of drug-likeness (QED) is 0.804. The first kappa shape index (κ1) is 14.3. The second kappa shape index (κ2) is 6.26. The zero-order chi connectivity index (χ0) is 13.0. The molecule has 0 saturated carbocycles. The Kier molecular flexibility index (Phi) is 5.27. The number of hydrogen-bond acceptors (Lipinski definition) is 2. The highest BCUT2D eigenvalue weighted by Crippen LogP contribution is 2.33. The van der Waals surface area contributed by atoms with Crippen molar-refractivity contribution in [3.05, 3.63) is 21.1 Å². The van der Waals surface area contributed by atoms with Crippen LogP contribution in [0.1, 0.15) is 13.8 Å². The van der Waals surface area contributed by atoms with Crippen LogP contribution < -0.4 is 11.1 Å². The summed E-state index contributed by atoms with van der Waals surface area (Å²) in [6.45, 7) is 5.23. The second-order valence-corrected chi connectivity index (χ2v) is 5.17.